The van der Waals surface area contributed by atoms with Gasteiger partial charge in [-0.1, -0.05) is 28.1 Å². The van der Waals surface area contributed by atoms with Crippen LogP contribution in [0.1, 0.15) is 18.5 Å². The van der Waals surface area contributed by atoms with Crippen molar-refractivity contribution in [1.82, 2.24) is 10.2 Å². The lowest BCUT2D eigenvalue weighted by molar-refractivity contribution is 1.02. The van der Waals surface area contributed by atoms with Gasteiger partial charge in [0.05, 0.1) is 0 Å². The van der Waals surface area contributed by atoms with E-state index in [1.54, 1.807) is 0 Å². The number of rotatable bonds is 3. The molecule has 1 aliphatic carbocycles. The number of H-pyrrole nitrogens is 1. The summed E-state index contributed by atoms with van der Waals surface area (Å²) < 4.78 is 1.10. The molecular weight excluding hydrogens is 278 g/mol. The van der Waals surface area contributed by atoms with Crippen LogP contribution in [0.5, 0.6) is 0 Å². The molecule has 3 nitrogen and oxygen atoms in total. The van der Waals surface area contributed by atoms with E-state index < -0.39 is 0 Å². The maximum Gasteiger partial charge on any atom is 0.156 e. The molecule has 0 spiro atoms. The van der Waals surface area contributed by atoms with E-state index in [9.17, 15) is 0 Å². The first-order chi connectivity index (χ1) is 8.24. The van der Waals surface area contributed by atoms with E-state index in [0.717, 1.165) is 16.0 Å². The summed E-state index contributed by atoms with van der Waals surface area (Å²) in [5.74, 6) is 0.979. The summed E-state index contributed by atoms with van der Waals surface area (Å²) in [4.78, 5) is 0. The Morgan fingerprint density at radius 1 is 1.29 bits per heavy atom. The summed E-state index contributed by atoms with van der Waals surface area (Å²) in [6.45, 7) is 2.06. The molecule has 3 rings (SSSR count). The lowest BCUT2D eigenvalue weighted by atomic mass is 10.1. The number of nitrogens with one attached hydrogen (secondary N) is 2. The Labute approximate surface area is 109 Å². The summed E-state index contributed by atoms with van der Waals surface area (Å²) in [7, 11) is 0. The standard InChI is InChI=1S/C13H14BrN3/c1-8-12(9-2-4-10(14)5-3-9)13(17-16-8)15-11-6-7-11/h2-5,11H,6-7H2,1H3,(H2,15,16,17). The van der Waals surface area contributed by atoms with Gasteiger partial charge in [-0.05, 0) is 37.5 Å². The van der Waals surface area contributed by atoms with Crippen LogP contribution in [0.3, 0.4) is 0 Å². The molecule has 1 aromatic carbocycles. The van der Waals surface area contributed by atoms with Crippen molar-refractivity contribution in [1.29, 1.82) is 0 Å². The zero-order valence-corrected chi connectivity index (χ0v) is 11.2. The molecule has 0 unspecified atom stereocenters. The van der Waals surface area contributed by atoms with Gasteiger partial charge in [0.1, 0.15) is 0 Å². The number of hydrogen-bond donors (Lipinski definition) is 2. The Morgan fingerprint density at radius 3 is 2.65 bits per heavy atom. The fourth-order valence-electron chi connectivity index (χ4n) is 1.92. The minimum Gasteiger partial charge on any atom is -0.365 e. The van der Waals surface area contributed by atoms with Gasteiger partial charge in [0.25, 0.3) is 0 Å². The quantitative estimate of drug-likeness (QED) is 0.905. The van der Waals surface area contributed by atoms with E-state index in [2.05, 4.69) is 62.6 Å². The van der Waals surface area contributed by atoms with Crippen molar-refractivity contribution in [3.05, 3.63) is 34.4 Å². The average molecular weight is 292 g/mol. The third-order valence-corrected chi connectivity index (χ3v) is 3.53. The highest BCUT2D eigenvalue weighted by molar-refractivity contribution is 9.10. The van der Waals surface area contributed by atoms with Crippen LogP contribution in [0.2, 0.25) is 0 Å². The van der Waals surface area contributed by atoms with Crippen LogP contribution in [0.25, 0.3) is 11.1 Å². The van der Waals surface area contributed by atoms with Crippen LogP contribution in [-0.2, 0) is 0 Å². The van der Waals surface area contributed by atoms with E-state index in [1.165, 1.54) is 24.0 Å². The lowest BCUT2D eigenvalue weighted by Crippen LogP contribution is -2.02. The minimum atomic E-state index is 0.617. The monoisotopic (exact) mass is 291 g/mol. The van der Waals surface area contributed by atoms with Crippen molar-refractivity contribution in [2.24, 2.45) is 0 Å². The van der Waals surface area contributed by atoms with Gasteiger partial charge in [0.2, 0.25) is 0 Å². The van der Waals surface area contributed by atoms with Crippen LogP contribution in [0, 0.1) is 6.92 Å². The van der Waals surface area contributed by atoms with Gasteiger partial charge in [0.15, 0.2) is 5.82 Å². The molecule has 17 heavy (non-hydrogen) atoms. The molecule has 1 fully saturated rings. The minimum absolute atomic E-state index is 0.617. The first kappa shape index (κ1) is 10.8. The third-order valence-electron chi connectivity index (χ3n) is 3.00. The van der Waals surface area contributed by atoms with Gasteiger partial charge < -0.3 is 5.32 Å². The van der Waals surface area contributed by atoms with Crippen LogP contribution in [0.4, 0.5) is 5.82 Å². The van der Waals surface area contributed by atoms with Crippen molar-refractivity contribution in [2.75, 3.05) is 5.32 Å². The molecule has 0 saturated heterocycles. The first-order valence-corrected chi connectivity index (χ1v) is 6.61. The molecule has 0 amide bonds. The van der Waals surface area contributed by atoms with Crippen LogP contribution in [-0.4, -0.2) is 16.2 Å². The first-order valence-electron chi connectivity index (χ1n) is 5.81. The molecule has 0 bridgehead atoms. The number of hydrogen-bond acceptors (Lipinski definition) is 2. The van der Waals surface area contributed by atoms with Crippen LogP contribution in [0.15, 0.2) is 28.7 Å². The number of anilines is 1. The molecular formula is C13H14BrN3. The summed E-state index contributed by atoms with van der Waals surface area (Å²) in [5.41, 5.74) is 3.49. The predicted molar refractivity (Wildman–Crippen MR) is 73.1 cm³/mol. The SMILES string of the molecule is Cc1[nH]nc(NC2CC2)c1-c1ccc(Br)cc1. The second kappa shape index (κ2) is 4.18. The van der Waals surface area contributed by atoms with E-state index >= 15 is 0 Å². The van der Waals surface area contributed by atoms with Crippen LogP contribution < -0.4 is 5.32 Å². The number of halogens is 1. The van der Waals surface area contributed by atoms with Crippen molar-refractivity contribution in [3.63, 3.8) is 0 Å². The van der Waals surface area contributed by atoms with Gasteiger partial charge in [-0.25, -0.2) is 0 Å². The van der Waals surface area contributed by atoms with Crippen molar-refractivity contribution < 1.29 is 0 Å². The zero-order chi connectivity index (χ0) is 11.8. The maximum atomic E-state index is 4.35. The Bertz CT molecular complexity index is 526. The highest BCUT2D eigenvalue weighted by Crippen LogP contribution is 2.33. The van der Waals surface area contributed by atoms with E-state index in [4.69, 9.17) is 0 Å². The number of aromatic amines is 1. The molecule has 2 aromatic rings. The Hall–Kier alpha value is -1.29. The number of nitrogens with zero attached hydrogens (tertiary/aromatic N) is 1. The summed E-state index contributed by atoms with van der Waals surface area (Å²) >= 11 is 3.46. The number of aromatic nitrogens is 2. The van der Waals surface area contributed by atoms with Gasteiger partial charge in [-0.3, -0.25) is 5.10 Å². The smallest absolute Gasteiger partial charge is 0.156 e. The predicted octanol–water partition coefficient (Wildman–Crippen LogP) is 3.72. The average Bonchev–Trinajstić information content (AvgIpc) is 3.05. The normalized spacial score (nSPS) is 14.9. The molecule has 88 valence electrons. The maximum absolute atomic E-state index is 4.35. The van der Waals surface area contributed by atoms with Crippen molar-refractivity contribution >= 4 is 21.7 Å². The van der Waals surface area contributed by atoms with Crippen molar-refractivity contribution in [2.45, 2.75) is 25.8 Å². The molecule has 1 aromatic heterocycles. The Morgan fingerprint density at radius 2 is 2.00 bits per heavy atom. The number of aryl methyl sites for hydroxylation is 1. The van der Waals surface area contributed by atoms with E-state index in [-0.39, 0.29) is 0 Å². The van der Waals surface area contributed by atoms with E-state index in [1.807, 2.05) is 0 Å². The molecule has 0 atom stereocenters. The molecule has 1 saturated carbocycles. The highest BCUT2D eigenvalue weighted by atomic mass is 79.9. The topological polar surface area (TPSA) is 40.7 Å². The molecule has 0 aliphatic heterocycles. The van der Waals surface area contributed by atoms with Crippen LogP contribution >= 0.6 is 15.9 Å². The fourth-order valence-corrected chi connectivity index (χ4v) is 2.19. The zero-order valence-electron chi connectivity index (χ0n) is 9.63. The lowest BCUT2D eigenvalue weighted by Gasteiger charge is -2.06. The molecule has 1 heterocycles. The molecule has 4 heteroatoms. The summed E-state index contributed by atoms with van der Waals surface area (Å²) in [6.07, 6.45) is 2.51. The fraction of sp³-hybridized carbons (Fsp3) is 0.308. The number of benzene rings is 1. The van der Waals surface area contributed by atoms with Gasteiger partial charge in [0, 0.05) is 21.8 Å². The van der Waals surface area contributed by atoms with Gasteiger partial charge >= 0.3 is 0 Å². The second-order valence-corrected chi connectivity index (χ2v) is 5.41. The largest absolute Gasteiger partial charge is 0.365 e. The molecule has 1 aliphatic rings. The molecule has 0 radical (unpaired) electrons. The summed E-state index contributed by atoms with van der Waals surface area (Å²) in [6, 6.07) is 8.96. The van der Waals surface area contributed by atoms with Crippen molar-refractivity contribution in [3.8, 4) is 11.1 Å². The molecule has 2 N–H and O–H groups in total. The van der Waals surface area contributed by atoms with E-state index in [0.29, 0.717) is 6.04 Å². The van der Waals surface area contributed by atoms with Gasteiger partial charge in [-0.15, -0.1) is 0 Å². The summed E-state index contributed by atoms with van der Waals surface area (Å²) in [5, 5.41) is 10.9. The third kappa shape index (κ3) is 2.22. The second-order valence-electron chi connectivity index (χ2n) is 4.50. The Kier molecular flexibility index (Phi) is 2.67. The van der Waals surface area contributed by atoms with Gasteiger partial charge in [-0.2, -0.15) is 5.10 Å². The highest BCUT2D eigenvalue weighted by Gasteiger charge is 2.24. The Balaban J connectivity index is 1.99.